The van der Waals surface area contributed by atoms with Crippen LogP contribution in [-0.4, -0.2) is 33.5 Å². The Morgan fingerprint density at radius 3 is 2.76 bits per heavy atom. The number of rotatable bonds is 5. The van der Waals surface area contributed by atoms with Gasteiger partial charge in [-0.15, -0.1) is 5.10 Å². The summed E-state index contributed by atoms with van der Waals surface area (Å²) >= 11 is 1.71. The minimum Gasteiger partial charge on any atom is -0.313 e. The summed E-state index contributed by atoms with van der Waals surface area (Å²) in [6, 6.07) is 0.737. The van der Waals surface area contributed by atoms with E-state index in [2.05, 4.69) is 27.4 Å². The van der Waals surface area contributed by atoms with E-state index in [-0.39, 0.29) is 0 Å². The van der Waals surface area contributed by atoms with Crippen molar-refractivity contribution < 1.29 is 0 Å². The highest BCUT2D eigenvalue weighted by atomic mass is 32.2. The first kappa shape index (κ1) is 12.9. The number of thioether (sulfide) groups is 1. The second-order valence-electron chi connectivity index (χ2n) is 4.96. The number of aromatic nitrogens is 3. The highest BCUT2D eigenvalue weighted by Crippen LogP contribution is 2.23. The first-order valence-electron chi connectivity index (χ1n) is 6.49. The molecule has 2 N–H and O–H groups in total. The third-order valence-electron chi connectivity index (χ3n) is 3.36. The van der Waals surface area contributed by atoms with E-state index in [1.54, 1.807) is 11.8 Å². The fourth-order valence-corrected chi connectivity index (χ4v) is 2.97. The van der Waals surface area contributed by atoms with E-state index >= 15 is 0 Å². The monoisotopic (exact) mass is 254 g/mol. The lowest BCUT2D eigenvalue weighted by Gasteiger charge is -2.26. The molecule has 0 aromatic carbocycles. The Kier molecular flexibility index (Phi) is 4.86. The molecule has 1 aromatic heterocycles. The number of nitrogens with zero attached hydrogens (tertiary/aromatic N) is 2. The molecule has 5 heteroatoms. The topological polar surface area (TPSA) is 53.6 Å². The summed E-state index contributed by atoms with van der Waals surface area (Å²) in [5.41, 5.74) is 0. The summed E-state index contributed by atoms with van der Waals surface area (Å²) in [6.45, 7) is 5.34. The quantitative estimate of drug-likeness (QED) is 0.626. The molecule has 0 aliphatic heterocycles. The second kappa shape index (κ2) is 6.40. The molecule has 0 amide bonds. The lowest BCUT2D eigenvalue weighted by atomic mass is 9.87. The molecule has 1 fully saturated rings. The number of nitrogens with one attached hydrogen (secondary N) is 2. The standard InChI is InChI=1S/C12H22N4S/c1-9-3-5-11(6-4-9)13-7-8-17-12-14-10(2)15-16-12/h9,11,13H,3-8H2,1-2H3,(H,14,15,16). The molecule has 1 heterocycles. The van der Waals surface area contributed by atoms with Gasteiger partial charge in [0.25, 0.3) is 0 Å². The SMILES string of the molecule is Cc1nc(SCCNC2CCC(C)CC2)n[nH]1. The molecule has 4 nitrogen and oxygen atoms in total. The molecule has 2 rings (SSSR count). The molecule has 0 atom stereocenters. The number of hydrogen-bond donors (Lipinski definition) is 2. The molecule has 0 radical (unpaired) electrons. The van der Waals surface area contributed by atoms with Crippen molar-refractivity contribution in [2.45, 2.75) is 50.7 Å². The molecule has 1 aliphatic rings. The van der Waals surface area contributed by atoms with E-state index in [1.807, 2.05) is 6.92 Å². The van der Waals surface area contributed by atoms with Gasteiger partial charge in [0.15, 0.2) is 0 Å². The van der Waals surface area contributed by atoms with E-state index < -0.39 is 0 Å². The lowest BCUT2D eigenvalue weighted by Crippen LogP contribution is -2.34. The van der Waals surface area contributed by atoms with Gasteiger partial charge in [-0.1, -0.05) is 18.7 Å². The fourth-order valence-electron chi connectivity index (χ4n) is 2.26. The number of hydrogen-bond acceptors (Lipinski definition) is 4. The Hall–Kier alpha value is -0.550. The van der Waals surface area contributed by atoms with Crippen LogP contribution in [-0.2, 0) is 0 Å². The van der Waals surface area contributed by atoms with Crippen molar-refractivity contribution in [1.82, 2.24) is 20.5 Å². The molecule has 0 saturated heterocycles. The lowest BCUT2D eigenvalue weighted by molar-refractivity contribution is 0.312. The molecule has 0 spiro atoms. The zero-order valence-corrected chi connectivity index (χ0v) is 11.5. The minimum absolute atomic E-state index is 0.737. The van der Waals surface area contributed by atoms with Gasteiger partial charge in [0.2, 0.25) is 5.16 Å². The van der Waals surface area contributed by atoms with Gasteiger partial charge in [0, 0.05) is 18.3 Å². The zero-order chi connectivity index (χ0) is 12.1. The number of aryl methyl sites for hydroxylation is 1. The van der Waals surface area contributed by atoms with Crippen molar-refractivity contribution in [2.24, 2.45) is 5.92 Å². The largest absolute Gasteiger partial charge is 0.313 e. The maximum atomic E-state index is 4.27. The van der Waals surface area contributed by atoms with Gasteiger partial charge in [-0.3, -0.25) is 5.10 Å². The minimum atomic E-state index is 0.737. The molecule has 17 heavy (non-hydrogen) atoms. The van der Waals surface area contributed by atoms with Crippen molar-refractivity contribution in [1.29, 1.82) is 0 Å². The van der Waals surface area contributed by atoms with E-state index in [9.17, 15) is 0 Å². The van der Waals surface area contributed by atoms with Crippen LogP contribution in [0.3, 0.4) is 0 Å². The molecule has 1 saturated carbocycles. The van der Waals surface area contributed by atoms with Crippen LogP contribution >= 0.6 is 11.8 Å². The van der Waals surface area contributed by atoms with Gasteiger partial charge in [-0.05, 0) is 38.5 Å². The van der Waals surface area contributed by atoms with Gasteiger partial charge in [-0.2, -0.15) is 0 Å². The van der Waals surface area contributed by atoms with Gasteiger partial charge in [-0.25, -0.2) is 4.98 Å². The van der Waals surface area contributed by atoms with Crippen LogP contribution in [0, 0.1) is 12.8 Å². The summed E-state index contributed by atoms with van der Waals surface area (Å²) in [6.07, 6.45) is 5.44. The van der Waals surface area contributed by atoms with Crippen LogP contribution in [0.4, 0.5) is 0 Å². The molecule has 96 valence electrons. The summed E-state index contributed by atoms with van der Waals surface area (Å²) in [4.78, 5) is 4.27. The zero-order valence-electron chi connectivity index (χ0n) is 10.7. The van der Waals surface area contributed by atoms with E-state index in [0.717, 1.165) is 35.2 Å². The van der Waals surface area contributed by atoms with Crippen molar-refractivity contribution in [3.63, 3.8) is 0 Å². The van der Waals surface area contributed by atoms with Gasteiger partial charge < -0.3 is 5.32 Å². The molecular formula is C12H22N4S. The van der Waals surface area contributed by atoms with Crippen LogP contribution in [0.1, 0.15) is 38.4 Å². The summed E-state index contributed by atoms with van der Waals surface area (Å²) in [7, 11) is 0. The Balaban J connectivity index is 1.57. The molecule has 1 aromatic rings. The van der Waals surface area contributed by atoms with Crippen LogP contribution in [0.5, 0.6) is 0 Å². The molecular weight excluding hydrogens is 232 g/mol. The smallest absolute Gasteiger partial charge is 0.208 e. The van der Waals surface area contributed by atoms with Gasteiger partial charge in [0.1, 0.15) is 5.82 Å². The Morgan fingerprint density at radius 2 is 2.12 bits per heavy atom. The van der Waals surface area contributed by atoms with Crippen molar-refractivity contribution in [3.05, 3.63) is 5.82 Å². The highest BCUT2D eigenvalue weighted by Gasteiger charge is 2.17. The first-order chi connectivity index (χ1) is 8.24. The van der Waals surface area contributed by atoms with Gasteiger partial charge >= 0.3 is 0 Å². The third kappa shape index (κ3) is 4.32. The maximum Gasteiger partial charge on any atom is 0.208 e. The third-order valence-corrected chi connectivity index (χ3v) is 4.21. The Morgan fingerprint density at radius 1 is 1.35 bits per heavy atom. The predicted molar refractivity (Wildman–Crippen MR) is 71.3 cm³/mol. The van der Waals surface area contributed by atoms with Crippen molar-refractivity contribution >= 4 is 11.8 Å². The van der Waals surface area contributed by atoms with Crippen molar-refractivity contribution in [2.75, 3.05) is 12.3 Å². The Labute approximate surface area is 107 Å². The average molecular weight is 254 g/mol. The van der Waals surface area contributed by atoms with Crippen LogP contribution in [0.15, 0.2) is 5.16 Å². The second-order valence-corrected chi connectivity index (χ2v) is 6.02. The first-order valence-corrected chi connectivity index (χ1v) is 7.48. The Bertz CT molecular complexity index is 331. The highest BCUT2D eigenvalue weighted by molar-refractivity contribution is 7.99. The van der Waals surface area contributed by atoms with E-state index in [4.69, 9.17) is 0 Å². The number of H-pyrrole nitrogens is 1. The molecule has 1 aliphatic carbocycles. The maximum absolute atomic E-state index is 4.27. The summed E-state index contributed by atoms with van der Waals surface area (Å²) in [5, 5.41) is 11.5. The normalized spacial score (nSPS) is 25.1. The van der Waals surface area contributed by atoms with Crippen LogP contribution in [0.25, 0.3) is 0 Å². The predicted octanol–water partition coefficient (Wildman–Crippen LogP) is 2.37. The van der Waals surface area contributed by atoms with Gasteiger partial charge in [0.05, 0.1) is 0 Å². The average Bonchev–Trinajstić information content (AvgIpc) is 2.73. The molecule has 0 unspecified atom stereocenters. The molecule has 0 bridgehead atoms. The van der Waals surface area contributed by atoms with Crippen LogP contribution < -0.4 is 5.32 Å². The van der Waals surface area contributed by atoms with Crippen molar-refractivity contribution in [3.8, 4) is 0 Å². The van der Waals surface area contributed by atoms with Crippen LogP contribution in [0.2, 0.25) is 0 Å². The van der Waals surface area contributed by atoms with E-state index in [1.165, 1.54) is 25.7 Å². The summed E-state index contributed by atoms with van der Waals surface area (Å²) < 4.78 is 0. The van der Waals surface area contributed by atoms with E-state index in [0.29, 0.717) is 0 Å². The fraction of sp³-hybridized carbons (Fsp3) is 0.833. The summed E-state index contributed by atoms with van der Waals surface area (Å²) in [5.74, 6) is 2.86. The number of aromatic amines is 1.